The zero-order chi connectivity index (χ0) is 30.2. The fourth-order valence-corrected chi connectivity index (χ4v) is 4.76. The Balaban J connectivity index is 1.06. The quantitative estimate of drug-likeness (QED) is 0.174. The Hall–Kier alpha value is -5.38. The molecule has 1 fully saturated rings. The molecular formula is C33H32N4O6. The van der Waals surface area contributed by atoms with E-state index in [-0.39, 0.29) is 35.0 Å². The van der Waals surface area contributed by atoms with Gasteiger partial charge in [-0.1, -0.05) is 29.8 Å². The number of benzene rings is 3. The number of carboxylic acids is 1. The lowest BCUT2D eigenvalue weighted by atomic mass is 9.93. The largest absolute Gasteiger partial charge is 0.490 e. The van der Waals surface area contributed by atoms with E-state index in [0.29, 0.717) is 11.6 Å². The number of rotatable bonds is 9. The first-order chi connectivity index (χ1) is 20.8. The normalized spacial score (nSPS) is 16.0. The second-order valence-electron chi connectivity index (χ2n) is 10.3. The summed E-state index contributed by atoms with van der Waals surface area (Å²) in [7, 11) is 0. The van der Waals surface area contributed by atoms with Gasteiger partial charge in [0.2, 0.25) is 5.88 Å². The monoisotopic (exact) mass is 580 g/mol. The third kappa shape index (κ3) is 8.10. The summed E-state index contributed by atoms with van der Waals surface area (Å²) in [6.45, 7) is 2.00. The van der Waals surface area contributed by atoms with Gasteiger partial charge in [-0.25, -0.2) is 14.6 Å². The van der Waals surface area contributed by atoms with Gasteiger partial charge in [0.25, 0.3) is 5.91 Å². The van der Waals surface area contributed by atoms with Gasteiger partial charge in [0.1, 0.15) is 11.5 Å². The lowest BCUT2D eigenvalue weighted by Gasteiger charge is -2.29. The van der Waals surface area contributed by atoms with Crippen LogP contribution in [0.4, 0.5) is 16.2 Å². The molecule has 4 N–H and O–H groups in total. The predicted octanol–water partition coefficient (Wildman–Crippen LogP) is 6.64. The lowest BCUT2D eigenvalue weighted by molar-refractivity contribution is 0.0698. The second kappa shape index (κ2) is 13.5. The van der Waals surface area contributed by atoms with Crippen LogP contribution >= 0.6 is 0 Å². The molecule has 1 heterocycles. The van der Waals surface area contributed by atoms with Crippen LogP contribution in [0.1, 0.15) is 52.0 Å². The van der Waals surface area contributed by atoms with E-state index in [4.69, 9.17) is 9.47 Å². The van der Waals surface area contributed by atoms with Crippen LogP contribution in [0.25, 0.3) is 0 Å². The molecule has 0 unspecified atom stereocenters. The number of amides is 3. The van der Waals surface area contributed by atoms with Crippen LogP contribution < -0.4 is 25.4 Å². The van der Waals surface area contributed by atoms with Gasteiger partial charge in [-0.05, 0) is 87.2 Å². The second-order valence-corrected chi connectivity index (χ2v) is 10.3. The van der Waals surface area contributed by atoms with Gasteiger partial charge in [0.15, 0.2) is 0 Å². The highest BCUT2D eigenvalue weighted by Gasteiger charge is 2.24. The molecule has 1 aliphatic carbocycles. The third-order valence-corrected chi connectivity index (χ3v) is 7.07. The summed E-state index contributed by atoms with van der Waals surface area (Å²) in [5.74, 6) is -0.0325. The minimum absolute atomic E-state index is 0.000470. The number of ether oxygens (including phenoxy) is 2. The van der Waals surface area contributed by atoms with Gasteiger partial charge in [-0.2, -0.15) is 0 Å². The van der Waals surface area contributed by atoms with E-state index in [2.05, 4.69) is 20.9 Å². The SMILES string of the molecule is Cc1ccc(NC(=O)NC2CCC(Oc3ccc(Oc4ccc(C(=O)Nc5ccccc5C(=O)O)cn4)cc3)CC2)cc1. The summed E-state index contributed by atoms with van der Waals surface area (Å²) in [5.41, 5.74) is 2.37. The van der Waals surface area contributed by atoms with Crippen LogP contribution in [0.2, 0.25) is 0 Å². The van der Waals surface area contributed by atoms with E-state index in [1.807, 2.05) is 43.3 Å². The number of anilines is 2. The molecular weight excluding hydrogens is 548 g/mol. The number of hydrogen-bond acceptors (Lipinski definition) is 6. The number of urea groups is 1. The minimum atomic E-state index is -1.13. The molecule has 0 bridgehead atoms. The molecule has 0 atom stereocenters. The Morgan fingerprint density at radius 2 is 1.51 bits per heavy atom. The standard InChI is InChI=1S/C33H32N4O6/c1-21-6-9-23(10-7-21)35-33(41)36-24-11-13-25(14-12-24)42-26-15-17-27(18-16-26)43-30-19-8-22(20-34-30)31(38)37-29-5-3-2-4-28(29)32(39)40/h2-10,15-20,24-25H,11-14H2,1H3,(H,37,38)(H,39,40)(H2,35,36,41). The summed E-state index contributed by atoms with van der Waals surface area (Å²) in [6.07, 6.45) is 4.76. The predicted molar refractivity (Wildman–Crippen MR) is 162 cm³/mol. The number of pyridine rings is 1. The fourth-order valence-electron chi connectivity index (χ4n) is 4.76. The Morgan fingerprint density at radius 1 is 0.814 bits per heavy atom. The number of aryl methyl sites for hydroxylation is 1. The minimum Gasteiger partial charge on any atom is -0.490 e. The van der Waals surface area contributed by atoms with Crippen molar-refractivity contribution in [2.75, 3.05) is 10.6 Å². The molecule has 3 amide bonds. The maximum absolute atomic E-state index is 12.6. The van der Waals surface area contributed by atoms with Crippen LogP contribution in [0.3, 0.4) is 0 Å². The van der Waals surface area contributed by atoms with E-state index in [1.54, 1.807) is 36.4 Å². The van der Waals surface area contributed by atoms with Crippen molar-refractivity contribution in [2.24, 2.45) is 0 Å². The van der Waals surface area contributed by atoms with E-state index in [1.165, 1.54) is 18.3 Å². The zero-order valence-electron chi connectivity index (χ0n) is 23.6. The summed E-state index contributed by atoms with van der Waals surface area (Å²) < 4.78 is 12.0. The van der Waals surface area contributed by atoms with Crippen molar-refractivity contribution >= 4 is 29.3 Å². The molecule has 0 saturated heterocycles. The number of carbonyl (C=O) groups is 3. The molecule has 4 aromatic rings. The lowest BCUT2D eigenvalue weighted by Crippen LogP contribution is -2.41. The number of aromatic carboxylic acids is 1. The summed E-state index contributed by atoms with van der Waals surface area (Å²) in [6, 6.07) is 24.1. The van der Waals surface area contributed by atoms with E-state index < -0.39 is 11.9 Å². The Labute approximate surface area is 249 Å². The molecule has 0 aliphatic heterocycles. The first kappa shape index (κ1) is 29.1. The summed E-state index contributed by atoms with van der Waals surface area (Å²) in [4.78, 5) is 40.5. The van der Waals surface area contributed by atoms with Gasteiger partial charge in [0, 0.05) is 24.0 Å². The van der Waals surface area contributed by atoms with Crippen molar-refractivity contribution in [1.29, 1.82) is 0 Å². The fraction of sp³-hybridized carbons (Fsp3) is 0.212. The molecule has 220 valence electrons. The molecule has 1 aromatic heterocycles. The number of carbonyl (C=O) groups excluding carboxylic acids is 2. The van der Waals surface area contributed by atoms with E-state index in [0.717, 1.165) is 42.7 Å². The van der Waals surface area contributed by atoms with Crippen molar-refractivity contribution in [2.45, 2.75) is 44.8 Å². The first-order valence-electron chi connectivity index (χ1n) is 14.0. The number of carboxylic acid groups (broad SMARTS) is 1. The van der Waals surface area contributed by atoms with Gasteiger partial charge in [-0.3, -0.25) is 4.79 Å². The zero-order valence-corrected chi connectivity index (χ0v) is 23.6. The molecule has 10 heteroatoms. The van der Waals surface area contributed by atoms with Gasteiger partial charge in [0.05, 0.1) is 22.9 Å². The van der Waals surface area contributed by atoms with Crippen LogP contribution in [0, 0.1) is 6.92 Å². The van der Waals surface area contributed by atoms with E-state index in [9.17, 15) is 19.5 Å². The Kier molecular flexibility index (Phi) is 9.16. The Morgan fingerprint density at radius 3 is 2.19 bits per heavy atom. The Bertz CT molecular complexity index is 1560. The molecule has 1 saturated carbocycles. The van der Waals surface area contributed by atoms with Crippen LogP contribution in [0.5, 0.6) is 17.4 Å². The number of hydrogen-bond donors (Lipinski definition) is 4. The molecule has 10 nitrogen and oxygen atoms in total. The summed E-state index contributed by atoms with van der Waals surface area (Å²) >= 11 is 0. The average molecular weight is 581 g/mol. The van der Waals surface area contributed by atoms with Crippen LogP contribution in [0.15, 0.2) is 91.1 Å². The molecule has 0 radical (unpaired) electrons. The molecule has 5 rings (SSSR count). The highest BCUT2D eigenvalue weighted by Crippen LogP contribution is 2.27. The van der Waals surface area contributed by atoms with Crippen molar-refractivity contribution in [3.63, 3.8) is 0 Å². The summed E-state index contributed by atoms with van der Waals surface area (Å²) in [5, 5.41) is 17.8. The highest BCUT2D eigenvalue weighted by atomic mass is 16.5. The number of para-hydroxylation sites is 1. The highest BCUT2D eigenvalue weighted by molar-refractivity contribution is 6.07. The van der Waals surface area contributed by atoms with Gasteiger partial charge >= 0.3 is 12.0 Å². The average Bonchev–Trinajstić information content (AvgIpc) is 3.01. The third-order valence-electron chi connectivity index (χ3n) is 7.07. The van der Waals surface area contributed by atoms with Crippen molar-refractivity contribution in [3.8, 4) is 17.4 Å². The smallest absolute Gasteiger partial charge is 0.337 e. The molecule has 3 aromatic carbocycles. The first-order valence-corrected chi connectivity index (χ1v) is 14.0. The molecule has 0 spiro atoms. The van der Waals surface area contributed by atoms with Crippen molar-refractivity contribution in [1.82, 2.24) is 10.3 Å². The van der Waals surface area contributed by atoms with Crippen LogP contribution in [-0.2, 0) is 0 Å². The number of aromatic nitrogens is 1. The molecule has 43 heavy (non-hydrogen) atoms. The maximum Gasteiger partial charge on any atom is 0.337 e. The topological polar surface area (TPSA) is 139 Å². The molecule has 1 aliphatic rings. The van der Waals surface area contributed by atoms with Gasteiger partial charge < -0.3 is 30.5 Å². The van der Waals surface area contributed by atoms with Gasteiger partial charge in [-0.15, -0.1) is 0 Å². The van der Waals surface area contributed by atoms with Crippen LogP contribution in [-0.4, -0.2) is 40.1 Å². The number of nitrogens with one attached hydrogen (secondary N) is 3. The van der Waals surface area contributed by atoms with E-state index >= 15 is 0 Å². The maximum atomic E-state index is 12.6. The number of nitrogens with zero attached hydrogens (tertiary/aromatic N) is 1. The van der Waals surface area contributed by atoms with Crippen molar-refractivity contribution < 1.29 is 29.0 Å². The van der Waals surface area contributed by atoms with Crippen molar-refractivity contribution in [3.05, 3.63) is 108 Å².